The second-order valence-corrected chi connectivity index (χ2v) is 4.04. The zero-order valence-corrected chi connectivity index (χ0v) is 9.64. The van der Waals surface area contributed by atoms with Crippen LogP contribution in [0.1, 0.15) is 15.9 Å². The molecule has 2 aromatic rings. The van der Waals surface area contributed by atoms with Crippen molar-refractivity contribution in [3.05, 3.63) is 47.5 Å². The van der Waals surface area contributed by atoms with Gasteiger partial charge in [0.25, 0.3) is 0 Å². The van der Waals surface area contributed by atoms with Crippen LogP contribution in [0.25, 0.3) is 0 Å². The molecule has 90 valence electrons. The molecular formula is C14H10O4. The van der Waals surface area contributed by atoms with Gasteiger partial charge in [-0.3, -0.25) is 0 Å². The lowest BCUT2D eigenvalue weighted by molar-refractivity contribution is 0.0693. The van der Waals surface area contributed by atoms with Crippen molar-refractivity contribution >= 4 is 5.97 Å². The van der Waals surface area contributed by atoms with Gasteiger partial charge < -0.3 is 14.6 Å². The van der Waals surface area contributed by atoms with Gasteiger partial charge in [-0.2, -0.15) is 0 Å². The van der Waals surface area contributed by atoms with Gasteiger partial charge in [0.15, 0.2) is 23.0 Å². The molecule has 0 amide bonds. The highest BCUT2D eigenvalue weighted by Crippen LogP contribution is 2.47. The summed E-state index contributed by atoms with van der Waals surface area (Å²) in [6.07, 6.45) is 0. The van der Waals surface area contributed by atoms with E-state index in [0.717, 1.165) is 5.56 Å². The molecule has 4 heteroatoms. The molecule has 0 fully saturated rings. The van der Waals surface area contributed by atoms with E-state index in [9.17, 15) is 4.79 Å². The molecule has 4 nitrogen and oxygen atoms in total. The van der Waals surface area contributed by atoms with Crippen LogP contribution in [-0.4, -0.2) is 11.1 Å². The number of rotatable bonds is 1. The highest BCUT2D eigenvalue weighted by molar-refractivity contribution is 5.92. The fourth-order valence-electron chi connectivity index (χ4n) is 1.93. The van der Waals surface area contributed by atoms with Crippen molar-refractivity contribution in [3.63, 3.8) is 0 Å². The Hall–Kier alpha value is -2.49. The molecule has 0 unspecified atom stereocenters. The Bertz CT molecular complexity index is 646. The fraction of sp³-hybridized carbons (Fsp3) is 0.0714. The number of aromatic carboxylic acids is 1. The van der Waals surface area contributed by atoms with E-state index >= 15 is 0 Å². The lowest BCUT2D eigenvalue weighted by Gasteiger charge is -2.22. The van der Waals surface area contributed by atoms with Crippen molar-refractivity contribution in [2.45, 2.75) is 6.92 Å². The third kappa shape index (κ3) is 1.50. The minimum absolute atomic E-state index is 0.0985. The smallest absolute Gasteiger partial charge is 0.339 e. The average molecular weight is 242 g/mol. The summed E-state index contributed by atoms with van der Waals surface area (Å²) >= 11 is 0. The summed E-state index contributed by atoms with van der Waals surface area (Å²) < 4.78 is 11.4. The van der Waals surface area contributed by atoms with Gasteiger partial charge in [-0.05, 0) is 30.7 Å². The van der Waals surface area contributed by atoms with Gasteiger partial charge in [-0.15, -0.1) is 0 Å². The molecule has 1 heterocycles. The number of carbonyl (C=O) groups is 1. The largest absolute Gasteiger partial charge is 0.478 e. The van der Waals surface area contributed by atoms with Crippen LogP contribution < -0.4 is 9.47 Å². The number of carboxylic acid groups (broad SMARTS) is 1. The van der Waals surface area contributed by atoms with Crippen LogP contribution in [0.2, 0.25) is 0 Å². The molecule has 1 aliphatic heterocycles. The SMILES string of the molecule is Cc1cccc2c1Oc1c(cccc1C(=O)O)O2. The maximum atomic E-state index is 11.1. The maximum Gasteiger partial charge on any atom is 0.339 e. The first-order valence-electron chi connectivity index (χ1n) is 5.48. The van der Waals surface area contributed by atoms with E-state index in [2.05, 4.69) is 0 Å². The Morgan fingerprint density at radius 3 is 2.39 bits per heavy atom. The van der Waals surface area contributed by atoms with Gasteiger partial charge in [0.1, 0.15) is 5.56 Å². The molecule has 0 saturated carbocycles. The maximum absolute atomic E-state index is 11.1. The average Bonchev–Trinajstić information content (AvgIpc) is 2.36. The van der Waals surface area contributed by atoms with E-state index < -0.39 is 5.97 Å². The van der Waals surface area contributed by atoms with Crippen molar-refractivity contribution in [1.29, 1.82) is 0 Å². The van der Waals surface area contributed by atoms with Gasteiger partial charge in [-0.1, -0.05) is 18.2 Å². The summed E-state index contributed by atoms with van der Waals surface area (Å²) in [5, 5.41) is 9.12. The Labute approximate surface area is 103 Å². The molecule has 0 atom stereocenters. The number of benzene rings is 2. The minimum atomic E-state index is -1.03. The number of fused-ring (bicyclic) bond motifs is 2. The molecular weight excluding hydrogens is 232 g/mol. The molecule has 0 aliphatic carbocycles. The number of hydrogen-bond acceptors (Lipinski definition) is 3. The summed E-state index contributed by atoms with van der Waals surface area (Å²) in [6, 6.07) is 10.4. The van der Waals surface area contributed by atoms with Gasteiger partial charge in [0.2, 0.25) is 0 Å². The lowest BCUT2D eigenvalue weighted by atomic mass is 10.1. The molecule has 0 saturated heterocycles. The number of aryl methyl sites for hydroxylation is 1. The normalized spacial score (nSPS) is 11.8. The molecule has 18 heavy (non-hydrogen) atoms. The molecule has 1 aliphatic rings. The predicted molar refractivity (Wildman–Crippen MR) is 64.7 cm³/mol. The van der Waals surface area contributed by atoms with Crippen molar-refractivity contribution in [3.8, 4) is 23.0 Å². The van der Waals surface area contributed by atoms with E-state index in [1.807, 2.05) is 19.1 Å². The van der Waals surface area contributed by atoms with Crippen LogP contribution >= 0.6 is 0 Å². The summed E-state index contributed by atoms with van der Waals surface area (Å²) in [4.78, 5) is 11.1. The number of ether oxygens (including phenoxy) is 2. The zero-order valence-electron chi connectivity index (χ0n) is 9.64. The lowest BCUT2D eigenvalue weighted by Crippen LogP contribution is -2.06. The van der Waals surface area contributed by atoms with Gasteiger partial charge in [0, 0.05) is 0 Å². The second-order valence-electron chi connectivity index (χ2n) is 4.04. The van der Waals surface area contributed by atoms with E-state index in [0.29, 0.717) is 17.2 Å². The monoisotopic (exact) mass is 242 g/mol. The van der Waals surface area contributed by atoms with E-state index in [1.165, 1.54) is 6.07 Å². The van der Waals surface area contributed by atoms with Crippen LogP contribution in [0.5, 0.6) is 23.0 Å². The standard InChI is InChI=1S/C14H10O4/c1-8-4-2-6-10-12(8)18-13-9(14(15)16)5-3-7-11(13)17-10/h2-7H,1H3,(H,15,16). The third-order valence-corrected chi connectivity index (χ3v) is 2.81. The number of carboxylic acids is 1. The molecule has 0 radical (unpaired) electrons. The minimum Gasteiger partial charge on any atom is -0.478 e. The predicted octanol–water partition coefficient (Wildman–Crippen LogP) is 3.59. The highest BCUT2D eigenvalue weighted by atomic mass is 16.6. The van der Waals surface area contributed by atoms with E-state index in [4.69, 9.17) is 14.6 Å². The van der Waals surface area contributed by atoms with Crippen molar-refractivity contribution in [2.75, 3.05) is 0 Å². The third-order valence-electron chi connectivity index (χ3n) is 2.81. The van der Waals surface area contributed by atoms with Gasteiger partial charge in [-0.25, -0.2) is 4.79 Å². The molecule has 0 bridgehead atoms. The van der Waals surface area contributed by atoms with Crippen molar-refractivity contribution < 1.29 is 19.4 Å². The molecule has 2 aromatic carbocycles. The Morgan fingerprint density at radius 2 is 1.67 bits per heavy atom. The van der Waals surface area contributed by atoms with Crippen LogP contribution in [0, 0.1) is 6.92 Å². The quantitative estimate of drug-likeness (QED) is 0.708. The van der Waals surface area contributed by atoms with Crippen LogP contribution in [0.3, 0.4) is 0 Å². The first-order valence-corrected chi connectivity index (χ1v) is 5.48. The summed E-state index contributed by atoms with van der Waals surface area (Å²) in [5.41, 5.74) is 1.000. The molecule has 0 aromatic heterocycles. The van der Waals surface area contributed by atoms with E-state index in [-0.39, 0.29) is 11.3 Å². The number of hydrogen-bond donors (Lipinski definition) is 1. The van der Waals surface area contributed by atoms with Gasteiger partial charge in [0.05, 0.1) is 0 Å². The van der Waals surface area contributed by atoms with Crippen LogP contribution in [0.15, 0.2) is 36.4 Å². The highest BCUT2D eigenvalue weighted by Gasteiger charge is 2.25. The van der Waals surface area contributed by atoms with Crippen LogP contribution in [-0.2, 0) is 0 Å². The van der Waals surface area contributed by atoms with Gasteiger partial charge >= 0.3 is 5.97 Å². The Kier molecular flexibility index (Phi) is 2.23. The summed E-state index contributed by atoms with van der Waals surface area (Å²) in [5.74, 6) is 0.816. The Morgan fingerprint density at radius 1 is 1.00 bits per heavy atom. The molecule has 3 rings (SSSR count). The second kappa shape index (κ2) is 3.77. The molecule has 1 N–H and O–H groups in total. The summed E-state index contributed by atoms with van der Waals surface area (Å²) in [6.45, 7) is 1.89. The van der Waals surface area contributed by atoms with Crippen molar-refractivity contribution in [2.24, 2.45) is 0 Å². The van der Waals surface area contributed by atoms with E-state index in [1.54, 1.807) is 18.2 Å². The summed E-state index contributed by atoms with van der Waals surface area (Å²) in [7, 11) is 0. The fourth-order valence-corrected chi connectivity index (χ4v) is 1.93. The Balaban J connectivity index is 2.17. The first-order chi connectivity index (χ1) is 8.66. The molecule has 0 spiro atoms. The zero-order chi connectivity index (χ0) is 12.7. The first kappa shape index (κ1) is 10.7. The van der Waals surface area contributed by atoms with Crippen molar-refractivity contribution in [1.82, 2.24) is 0 Å². The number of para-hydroxylation sites is 2. The van der Waals surface area contributed by atoms with Crippen LogP contribution in [0.4, 0.5) is 0 Å². The topological polar surface area (TPSA) is 55.8 Å².